The van der Waals surface area contributed by atoms with E-state index in [-0.39, 0.29) is 0 Å². The molecule has 0 amide bonds. The Morgan fingerprint density at radius 3 is 2.69 bits per heavy atom. The van der Waals surface area contributed by atoms with E-state index in [9.17, 15) is 0 Å². The summed E-state index contributed by atoms with van der Waals surface area (Å²) in [5.41, 5.74) is 6.86. The maximum absolute atomic E-state index is 5.67. The highest BCUT2D eigenvalue weighted by Crippen LogP contribution is 2.07. The molecule has 5 heteroatoms. The highest BCUT2D eigenvalue weighted by molar-refractivity contribution is 5.32. The van der Waals surface area contributed by atoms with Crippen molar-refractivity contribution in [1.82, 2.24) is 14.8 Å². The van der Waals surface area contributed by atoms with Crippen LogP contribution in [0.25, 0.3) is 0 Å². The number of nitrogens with two attached hydrogens (primary N) is 1. The number of nitrogens with one attached hydrogen (secondary N) is 1. The van der Waals surface area contributed by atoms with E-state index in [2.05, 4.69) is 15.4 Å². The summed E-state index contributed by atoms with van der Waals surface area (Å²) < 4.78 is 1.66. The first-order chi connectivity index (χ1) is 7.79. The zero-order valence-electron chi connectivity index (χ0n) is 9.22. The fraction of sp³-hybridized carbons (Fsp3) is 0.273. The molecule has 1 heterocycles. The average molecular weight is 217 g/mol. The molecule has 2 rings (SSSR count). The second-order valence-corrected chi connectivity index (χ2v) is 3.45. The number of rotatable bonds is 4. The molecule has 0 aliphatic heterocycles. The van der Waals surface area contributed by atoms with E-state index in [1.165, 1.54) is 5.56 Å². The minimum Gasteiger partial charge on any atom is -0.368 e. The van der Waals surface area contributed by atoms with Crippen molar-refractivity contribution in [1.29, 1.82) is 0 Å². The van der Waals surface area contributed by atoms with E-state index in [1.54, 1.807) is 4.68 Å². The average Bonchev–Trinajstić information content (AvgIpc) is 2.69. The van der Waals surface area contributed by atoms with E-state index in [1.807, 2.05) is 37.3 Å². The number of aryl methyl sites for hydroxylation is 1. The standard InChI is InChI=1S/C11H15N5/c1-2-16-10(12)14-11(15-16)13-8-9-6-4-3-5-7-9/h3-7H,2,8H2,1H3,(H3,12,13,14,15). The molecule has 2 aromatic rings. The van der Waals surface area contributed by atoms with Crippen LogP contribution in [0, 0.1) is 0 Å². The van der Waals surface area contributed by atoms with Crippen LogP contribution in [-0.4, -0.2) is 14.8 Å². The number of nitrogen functional groups attached to an aromatic ring is 1. The highest BCUT2D eigenvalue weighted by atomic mass is 15.4. The Hall–Kier alpha value is -2.04. The van der Waals surface area contributed by atoms with Crippen LogP contribution in [-0.2, 0) is 13.1 Å². The topological polar surface area (TPSA) is 68.8 Å². The molecule has 0 unspecified atom stereocenters. The lowest BCUT2D eigenvalue weighted by Crippen LogP contribution is -2.03. The third-order valence-electron chi connectivity index (χ3n) is 2.29. The largest absolute Gasteiger partial charge is 0.368 e. The molecule has 0 atom stereocenters. The van der Waals surface area contributed by atoms with Gasteiger partial charge in [-0.25, -0.2) is 4.68 Å². The first-order valence-corrected chi connectivity index (χ1v) is 5.27. The lowest BCUT2D eigenvalue weighted by Gasteiger charge is -2.00. The summed E-state index contributed by atoms with van der Waals surface area (Å²) in [6.07, 6.45) is 0. The fourth-order valence-electron chi connectivity index (χ4n) is 1.44. The molecule has 0 aliphatic rings. The Balaban J connectivity index is 2.00. The Morgan fingerprint density at radius 1 is 1.31 bits per heavy atom. The number of anilines is 2. The van der Waals surface area contributed by atoms with Crippen LogP contribution in [0.4, 0.5) is 11.9 Å². The Kier molecular flexibility index (Phi) is 3.05. The second-order valence-electron chi connectivity index (χ2n) is 3.45. The molecular formula is C11H15N5. The van der Waals surface area contributed by atoms with Gasteiger partial charge in [0.2, 0.25) is 11.9 Å². The van der Waals surface area contributed by atoms with Gasteiger partial charge in [-0.05, 0) is 12.5 Å². The predicted octanol–water partition coefficient (Wildman–Crippen LogP) is 1.49. The van der Waals surface area contributed by atoms with Gasteiger partial charge in [-0.15, -0.1) is 5.10 Å². The van der Waals surface area contributed by atoms with Gasteiger partial charge in [0.25, 0.3) is 0 Å². The molecule has 0 spiro atoms. The highest BCUT2D eigenvalue weighted by Gasteiger charge is 2.04. The van der Waals surface area contributed by atoms with Crippen molar-refractivity contribution in [3.8, 4) is 0 Å². The first kappa shape index (κ1) is 10.5. The Labute approximate surface area is 94.3 Å². The quantitative estimate of drug-likeness (QED) is 0.814. The van der Waals surface area contributed by atoms with E-state index in [0.29, 0.717) is 18.4 Å². The molecule has 84 valence electrons. The van der Waals surface area contributed by atoms with Crippen LogP contribution < -0.4 is 11.1 Å². The van der Waals surface area contributed by atoms with Crippen molar-refractivity contribution in [3.63, 3.8) is 0 Å². The summed E-state index contributed by atoms with van der Waals surface area (Å²) in [4.78, 5) is 4.12. The van der Waals surface area contributed by atoms with E-state index < -0.39 is 0 Å². The molecular weight excluding hydrogens is 202 g/mol. The lowest BCUT2D eigenvalue weighted by atomic mass is 10.2. The Morgan fingerprint density at radius 2 is 2.06 bits per heavy atom. The molecule has 16 heavy (non-hydrogen) atoms. The van der Waals surface area contributed by atoms with Crippen molar-refractivity contribution >= 4 is 11.9 Å². The molecule has 5 nitrogen and oxygen atoms in total. The smallest absolute Gasteiger partial charge is 0.244 e. The number of hydrogen-bond acceptors (Lipinski definition) is 4. The van der Waals surface area contributed by atoms with Crippen molar-refractivity contribution < 1.29 is 0 Å². The van der Waals surface area contributed by atoms with Crippen molar-refractivity contribution in [2.24, 2.45) is 0 Å². The number of benzene rings is 1. The van der Waals surface area contributed by atoms with Gasteiger partial charge < -0.3 is 11.1 Å². The maximum atomic E-state index is 5.67. The molecule has 3 N–H and O–H groups in total. The van der Waals surface area contributed by atoms with Crippen LogP contribution in [0.15, 0.2) is 30.3 Å². The van der Waals surface area contributed by atoms with Gasteiger partial charge in [0, 0.05) is 13.1 Å². The number of nitrogens with zero attached hydrogens (tertiary/aromatic N) is 3. The summed E-state index contributed by atoms with van der Waals surface area (Å²) in [7, 11) is 0. The van der Waals surface area contributed by atoms with Crippen LogP contribution in [0.5, 0.6) is 0 Å². The summed E-state index contributed by atoms with van der Waals surface area (Å²) in [5, 5.41) is 7.35. The van der Waals surface area contributed by atoms with E-state index in [0.717, 1.165) is 6.54 Å². The third kappa shape index (κ3) is 2.31. The van der Waals surface area contributed by atoms with E-state index >= 15 is 0 Å². The summed E-state index contributed by atoms with van der Waals surface area (Å²) in [5.74, 6) is 1.02. The number of hydrogen-bond donors (Lipinski definition) is 2. The van der Waals surface area contributed by atoms with Gasteiger partial charge in [-0.2, -0.15) is 4.98 Å². The molecule has 0 radical (unpaired) electrons. The van der Waals surface area contributed by atoms with Crippen molar-refractivity contribution in [2.75, 3.05) is 11.1 Å². The van der Waals surface area contributed by atoms with Gasteiger partial charge in [0.05, 0.1) is 0 Å². The van der Waals surface area contributed by atoms with Gasteiger partial charge in [0.15, 0.2) is 0 Å². The fourth-order valence-corrected chi connectivity index (χ4v) is 1.44. The zero-order valence-corrected chi connectivity index (χ0v) is 9.22. The third-order valence-corrected chi connectivity index (χ3v) is 2.29. The summed E-state index contributed by atoms with van der Waals surface area (Å²) >= 11 is 0. The maximum Gasteiger partial charge on any atom is 0.244 e. The molecule has 1 aromatic heterocycles. The molecule has 0 aliphatic carbocycles. The minimum absolute atomic E-state index is 0.443. The lowest BCUT2D eigenvalue weighted by molar-refractivity contribution is 0.670. The number of aromatic nitrogens is 3. The molecule has 0 saturated carbocycles. The molecule has 0 saturated heterocycles. The monoisotopic (exact) mass is 217 g/mol. The summed E-state index contributed by atoms with van der Waals surface area (Å²) in [6, 6.07) is 10.1. The predicted molar refractivity (Wildman–Crippen MR) is 63.9 cm³/mol. The van der Waals surface area contributed by atoms with Gasteiger partial charge in [-0.1, -0.05) is 30.3 Å². The normalized spacial score (nSPS) is 10.3. The molecule has 0 fully saturated rings. The molecule has 0 bridgehead atoms. The van der Waals surface area contributed by atoms with Gasteiger partial charge in [-0.3, -0.25) is 0 Å². The van der Waals surface area contributed by atoms with Gasteiger partial charge in [0.1, 0.15) is 0 Å². The van der Waals surface area contributed by atoms with Crippen LogP contribution >= 0.6 is 0 Å². The van der Waals surface area contributed by atoms with E-state index in [4.69, 9.17) is 5.73 Å². The second kappa shape index (κ2) is 4.65. The summed E-state index contributed by atoms with van der Waals surface area (Å²) in [6.45, 7) is 3.41. The SMILES string of the molecule is CCn1nc(NCc2ccccc2)nc1N. The Bertz CT molecular complexity index is 449. The molecule has 1 aromatic carbocycles. The van der Waals surface area contributed by atoms with Gasteiger partial charge >= 0.3 is 0 Å². The van der Waals surface area contributed by atoms with Crippen LogP contribution in [0.3, 0.4) is 0 Å². The zero-order chi connectivity index (χ0) is 11.4. The first-order valence-electron chi connectivity index (χ1n) is 5.27. The van der Waals surface area contributed by atoms with Crippen LogP contribution in [0.2, 0.25) is 0 Å². The van der Waals surface area contributed by atoms with Crippen LogP contribution in [0.1, 0.15) is 12.5 Å². The van der Waals surface area contributed by atoms with Crippen molar-refractivity contribution in [3.05, 3.63) is 35.9 Å². The minimum atomic E-state index is 0.443. The van der Waals surface area contributed by atoms with Crippen molar-refractivity contribution in [2.45, 2.75) is 20.0 Å².